The summed E-state index contributed by atoms with van der Waals surface area (Å²) in [6.07, 6.45) is 0. The van der Waals surface area contributed by atoms with E-state index in [0.29, 0.717) is 12.0 Å². The number of nitrogens with two attached hydrogens (primary N) is 1. The summed E-state index contributed by atoms with van der Waals surface area (Å²) in [4.78, 5) is 4.85. The van der Waals surface area contributed by atoms with Crippen molar-refractivity contribution in [3.8, 4) is 0 Å². The van der Waals surface area contributed by atoms with Crippen LogP contribution in [0.3, 0.4) is 0 Å². The normalized spacial score (nSPS) is 26.1. The predicted molar refractivity (Wildman–Crippen MR) is 81.0 cm³/mol. The maximum absolute atomic E-state index is 5.90. The molecule has 3 nitrogen and oxygen atoms in total. The number of nitrogens with zero attached hydrogens (tertiary/aromatic N) is 2. The molecule has 2 N–H and O–H groups in total. The van der Waals surface area contributed by atoms with Crippen molar-refractivity contribution in [3.05, 3.63) is 28.7 Å². The van der Waals surface area contributed by atoms with Gasteiger partial charge in [-0.2, -0.15) is 0 Å². The average Bonchev–Trinajstić information content (AvgIpc) is 2.48. The molecule has 2 unspecified atom stereocenters. The van der Waals surface area contributed by atoms with E-state index < -0.39 is 0 Å². The zero-order chi connectivity index (χ0) is 13.1. The van der Waals surface area contributed by atoms with E-state index >= 15 is 0 Å². The summed E-state index contributed by atoms with van der Waals surface area (Å²) in [5.74, 6) is 0.662. The third-order valence-electron chi connectivity index (χ3n) is 3.65. The minimum Gasteiger partial charge on any atom is -0.370 e. The first-order valence-corrected chi connectivity index (χ1v) is 7.30. The van der Waals surface area contributed by atoms with Crippen LogP contribution < -0.4 is 10.6 Å². The fourth-order valence-electron chi connectivity index (χ4n) is 2.66. The number of rotatable bonds is 2. The second-order valence-corrected chi connectivity index (χ2v) is 6.23. The molecule has 1 saturated heterocycles. The number of benzene rings is 1. The number of hydrogen-bond donors (Lipinski definition) is 1. The van der Waals surface area contributed by atoms with Gasteiger partial charge in [0.25, 0.3) is 0 Å². The van der Waals surface area contributed by atoms with Gasteiger partial charge in [0.2, 0.25) is 0 Å². The van der Waals surface area contributed by atoms with Gasteiger partial charge in [-0.3, -0.25) is 0 Å². The molecule has 1 aromatic carbocycles. The smallest absolute Gasteiger partial charge is 0.0390 e. The van der Waals surface area contributed by atoms with Crippen molar-refractivity contribution in [1.82, 2.24) is 4.90 Å². The van der Waals surface area contributed by atoms with Crippen molar-refractivity contribution < 1.29 is 0 Å². The fourth-order valence-corrected chi connectivity index (χ4v) is 2.92. The van der Waals surface area contributed by atoms with Crippen LogP contribution in [0.4, 0.5) is 5.69 Å². The highest BCUT2D eigenvalue weighted by Gasteiger charge is 2.24. The minimum atomic E-state index is 0.443. The highest BCUT2D eigenvalue weighted by molar-refractivity contribution is 9.10. The van der Waals surface area contributed by atoms with Gasteiger partial charge in [0.05, 0.1) is 0 Å². The van der Waals surface area contributed by atoms with Crippen LogP contribution in [0.25, 0.3) is 0 Å². The standard InChI is InChI=1S/C14H22BrN3/c1-11-8-17(2)14(7-16)10-18(9-11)13-5-3-12(15)4-6-13/h3-6,11,14H,7-10,16H2,1-2H3. The molecule has 1 aliphatic heterocycles. The summed E-state index contributed by atoms with van der Waals surface area (Å²) in [6, 6.07) is 9.00. The second kappa shape index (κ2) is 6.04. The summed E-state index contributed by atoms with van der Waals surface area (Å²) in [5, 5.41) is 0. The molecule has 1 fully saturated rings. The number of halogens is 1. The number of likely N-dealkylation sites (N-methyl/N-ethyl adjacent to an activating group) is 1. The molecule has 18 heavy (non-hydrogen) atoms. The van der Waals surface area contributed by atoms with E-state index in [1.54, 1.807) is 0 Å². The van der Waals surface area contributed by atoms with Crippen LogP contribution in [-0.4, -0.2) is 44.2 Å². The summed E-state index contributed by atoms with van der Waals surface area (Å²) in [7, 11) is 2.18. The monoisotopic (exact) mass is 311 g/mol. The maximum Gasteiger partial charge on any atom is 0.0390 e. The van der Waals surface area contributed by atoms with E-state index in [1.807, 2.05) is 0 Å². The first-order valence-electron chi connectivity index (χ1n) is 6.51. The van der Waals surface area contributed by atoms with Crippen molar-refractivity contribution in [2.75, 3.05) is 38.1 Å². The van der Waals surface area contributed by atoms with Crippen LogP contribution in [0.15, 0.2) is 28.7 Å². The van der Waals surface area contributed by atoms with Gasteiger partial charge < -0.3 is 15.5 Å². The molecule has 4 heteroatoms. The van der Waals surface area contributed by atoms with Gasteiger partial charge in [0.15, 0.2) is 0 Å². The SMILES string of the molecule is CC1CN(c2ccc(Br)cc2)CC(CN)N(C)C1. The third-order valence-corrected chi connectivity index (χ3v) is 4.18. The van der Waals surface area contributed by atoms with E-state index in [4.69, 9.17) is 5.73 Å². The van der Waals surface area contributed by atoms with Gasteiger partial charge in [-0.15, -0.1) is 0 Å². The molecule has 100 valence electrons. The Kier molecular flexibility index (Phi) is 4.65. The van der Waals surface area contributed by atoms with Gasteiger partial charge in [-0.1, -0.05) is 22.9 Å². The van der Waals surface area contributed by atoms with Crippen LogP contribution in [0.2, 0.25) is 0 Å². The van der Waals surface area contributed by atoms with E-state index in [2.05, 4.69) is 64.0 Å². The molecule has 0 radical (unpaired) electrons. The Labute approximate surface area is 118 Å². The summed E-state index contributed by atoms with van der Waals surface area (Å²) >= 11 is 3.49. The lowest BCUT2D eigenvalue weighted by Crippen LogP contribution is -2.43. The first-order chi connectivity index (χ1) is 8.60. The van der Waals surface area contributed by atoms with E-state index in [9.17, 15) is 0 Å². The van der Waals surface area contributed by atoms with E-state index in [-0.39, 0.29) is 0 Å². The Morgan fingerprint density at radius 2 is 1.89 bits per heavy atom. The molecule has 0 aliphatic carbocycles. The molecule has 0 spiro atoms. The molecule has 0 amide bonds. The van der Waals surface area contributed by atoms with Crippen molar-refractivity contribution in [1.29, 1.82) is 0 Å². The number of anilines is 1. The predicted octanol–water partition coefficient (Wildman–Crippen LogP) is 2.16. The van der Waals surface area contributed by atoms with Gasteiger partial charge in [0.1, 0.15) is 0 Å². The Bertz CT molecular complexity index is 379. The lowest BCUT2D eigenvalue weighted by atomic mass is 10.1. The quantitative estimate of drug-likeness (QED) is 0.908. The average molecular weight is 312 g/mol. The minimum absolute atomic E-state index is 0.443. The molecule has 1 aliphatic rings. The lowest BCUT2D eigenvalue weighted by molar-refractivity contribution is 0.244. The molecule has 2 rings (SSSR count). The van der Waals surface area contributed by atoms with Crippen molar-refractivity contribution in [3.63, 3.8) is 0 Å². The van der Waals surface area contributed by atoms with Gasteiger partial charge >= 0.3 is 0 Å². The largest absolute Gasteiger partial charge is 0.370 e. The molecule has 0 saturated carbocycles. The third kappa shape index (κ3) is 3.25. The molecular formula is C14H22BrN3. The van der Waals surface area contributed by atoms with Crippen LogP contribution in [0, 0.1) is 5.92 Å². The zero-order valence-electron chi connectivity index (χ0n) is 11.1. The lowest BCUT2D eigenvalue weighted by Gasteiger charge is -2.29. The highest BCUT2D eigenvalue weighted by Crippen LogP contribution is 2.22. The summed E-state index contributed by atoms with van der Waals surface area (Å²) in [5.41, 5.74) is 7.19. The van der Waals surface area contributed by atoms with Gasteiger partial charge in [-0.25, -0.2) is 0 Å². The maximum atomic E-state index is 5.90. The Hall–Kier alpha value is -0.580. The van der Waals surface area contributed by atoms with Gasteiger partial charge in [-0.05, 0) is 37.2 Å². The fraction of sp³-hybridized carbons (Fsp3) is 0.571. The molecule has 1 heterocycles. The van der Waals surface area contributed by atoms with Crippen LogP contribution in [0.5, 0.6) is 0 Å². The Morgan fingerprint density at radius 3 is 2.50 bits per heavy atom. The Morgan fingerprint density at radius 1 is 1.22 bits per heavy atom. The summed E-state index contributed by atoms with van der Waals surface area (Å²) in [6.45, 7) is 6.26. The topological polar surface area (TPSA) is 32.5 Å². The van der Waals surface area contributed by atoms with Crippen LogP contribution >= 0.6 is 15.9 Å². The second-order valence-electron chi connectivity index (χ2n) is 5.32. The zero-order valence-corrected chi connectivity index (χ0v) is 12.7. The van der Waals surface area contributed by atoms with Crippen molar-refractivity contribution in [2.24, 2.45) is 11.7 Å². The molecular weight excluding hydrogens is 290 g/mol. The van der Waals surface area contributed by atoms with Crippen LogP contribution in [0.1, 0.15) is 6.92 Å². The molecule has 0 aromatic heterocycles. The first kappa shape index (κ1) is 13.8. The molecule has 1 aromatic rings. The highest BCUT2D eigenvalue weighted by atomic mass is 79.9. The Balaban J connectivity index is 2.18. The number of hydrogen-bond acceptors (Lipinski definition) is 3. The van der Waals surface area contributed by atoms with E-state index in [1.165, 1.54) is 5.69 Å². The molecule has 0 bridgehead atoms. The van der Waals surface area contributed by atoms with Crippen molar-refractivity contribution in [2.45, 2.75) is 13.0 Å². The van der Waals surface area contributed by atoms with Gasteiger partial charge in [0, 0.05) is 42.4 Å². The van der Waals surface area contributed by atoms with E-state index in [0.717, 1.165) is 30.7 Å². The van der Waals surface area contributed by atoms with Crippen LogP contribution in [-0.2, 0) is 0 Å². The molecule has 2 atom stereocenters. The summed E-state index contributed by atoms with van der Waals surface area (Å²) < 4.78 is 1.13. The van der Waals surface area contributed by atoms with Crippen molar-refractivity contribution >= 4 is 21.6 Å².